The number of phenols is 1. The molecule has 4 rings (SSSR count). The summed E-state index contributed by atoms with van der Waals surface area (Å²) in [7, 11) is 0. The summed E-state index contributed by atoms with van der Waals surface area (Å²) in [6.07, 6.45) is 1.63. The molecule has 4 aromatic carbocycles. The van der Waals surface area contributed by atoms with E-state index in [9.17, 15) is 14.7 Å². The number of ether oxygens (including phenoxy) is 1. The lowest BCUT2D eigenvalue weighted by molar-refractivity contribution is -0.112. The van der Waals surface area contributed by atoms with E-state index in [2.05, 4.69) is 26.6 Å². The minimum Gasteiger partial charge on any atom is -0.507 e. The molecule has 0 fully saturated rings. The third-order valence-electron chi connectivity index (χ3n) is 6.09. The Morgan fingerprint density at radius 2 is 1.58 bits per heavy atom. The molecule has 4 aromatic rings. The van der Waals surface area contributed by atoms with Gasteiger partial charge in [-0.15, -0.1) is 0 Å². The first kappa shape index (κ1) is 26.8. The predicted octanol–water partition coefficient (Wildman–Crippen LogP) is 7.40. The van der Waals surface area contributed by atoms with E-state index in [1.807, 2.05) is 44.2 Å². The van der Waals surface area contributed by atoms with Crippen molar-refractivity contribution in [3.63, 3.8) is 0 Å². The molecule has 0 aromatic heterocycles. The monoisotopic (exact) mass is 573 g/mol. The Hall–Kier alpha value is -4.30. The molecule has 0 spiro atoms. The molecule has 194 valence electrons. The molecule has 1 atom stereocenters. The summed E-state index contributed by atoms with van der Waals surface area (Å²) in [5.74, 6) is -0.250. The topological polar surface area (TPSA) is 114 Å². The molecule has 0 aliphatic heterocycles. The third-order valence-corrected chi connectivity index (χ3v) is 6.62. The molecule has 8 heteroatoms. The van der Waals surface area contributed by atoms with Crippen molar-refractivity contribution >= 4 is 55.8 Å². The van der Waals surface area contributed by atoms with Gasteiger partial charge in [-0.3, -0.25) is 10.1 Å². The van der Waals surface area contributed by atoms with Gasteiger partial charge >= 0.3 is 6.09 Å². The summed E-state index contributed by atoms with van der Waals surface area (Å²) in [5, 5.41) is 17.3. The number of nitrogen functional groups attached to an aromatic ring is 1. The quantitative estimate of drug-likeness (QED) is 0.136. The van der Waals surface area contributed by atoms with Crippen LogP contribution in [0.1, 0.15) is 25.5 Å². The van der Waals surface area contributed by atoms with Gasteiger partial charge in [0.15, 0.2) is 0 Å². The molecule has 0 bridgehead atoms. The Labute approximate surface area is 229 Å². The van der Waals surface area contributed by atoms with Crippen molar-refractivity contribution in [2.75, 3.05) is 16.4 Å². The zero-order valence-corrected chi connectivity index (χ0v) is 22.5. The van der Waals surface area contributed by atoms with Crippen molar-refractivity contribution < 1.29 is 19.4 Å². The second-order valence-electron chi connectivity index (χ2n) is 9.37. The number of hydrogen-bond acceptors (Lipinski definition) is 5. The highest BCUT2D eigenvalue weighted by atomic mass is 79.9. The summed E-state index contributed by atoms with van der Waals surface area (Å²) >= 11 is 3.38. The number of benzene rings is 4. The normalized spacial score (nSPS) is 12.3. The van der Waals surface area contributed by atoms with E-state index < -0.39 is 17.6 Å². The highest BCUT2D eigenvalue weighted by molar-refractivity contribution is 9.10. The summed E-state index contributed by atoms with van der Waals surface area (Å²) in [4.78, 5) is 25.7. The standard InChI is InChI=1S/C30H28BrN3O4/c1-30(2,18-17-27(36)34-25-10-6-5-9-24(25)32)28(38-29(37)33-20-13-11-19(31)12-14-20)23-15-16-26(35)22-8-4-3-7-21(22)23/h3-18,28,35H,32H2,1-2H3,(H,33,37)(H,34,36)/b18-17+/t28-/m1/s1. The van der Waals surface area contributed by atoms with Crippen LogP contribution in [0.15, 0.2) is 102 Å². The van der Waals surface area contributed by atoms with Crippen molar-refractivity contribution in [3.8, 4) is 5.75 Å². The van der Waals surface area contributed by atoms with Gasteiger partial charge < -0.3 is 20.9 Å². The predicted molar refractivity (Wildman–Crippen MR) is 155 cm³/mol. The molecule has 5 N–H and O–H groups in total. The van der Waals surface area contributed by atoms with Crippen LogP contribution in [-0.2, 0) is 9.53 Å². The summed E-state index contributed by atoms with van der Waals surface area (Å²) in [6.45, 7) is 3.74. The van der Waals surface area contributed by atoms with Gasteiger partial charge in [-0.05, 0) is 53.9 Å². The zero-order valence-electron chi connectivity index (χ0n) is 20.9. The average Bonchev–Trinajstić information content (AvgIpc) is 2.89. The number of fused-ring (bicyclic) bond motifs is 1. The minimum atomic E-state index is -0.837. The van der Waals surface area contributed by atoms with Gasteiger partial charge in [0, 0.05) is 26.5 Å². The van der Waals surface area contributed by atoms with Gasteiger partial charge in [0.25, 0.3) is 0 Å². The van der Waals surface area contributed by atoms with Crippen LogP contribution < -0.4 is 16.4 Å². The first-order chi connectivity index (χ1) is 18.1. The summed E-state index contributed by atoms with van der Waals surface area (Å²) in [5.41, 5.74) is 7.32. The smallest absolute Gasteiger partial charge is 0.412 e. The van der Waals surface area contributed by atoms with Crippen LogP contribution in [0.25, 0.3) is 10.8 Å². The maximum absolute atomic E-state index is 13.0. The van der Waals surface area contributed by atoms with Gasteiger partial charge in [-0.25, -0.2) is 4.79 Å². The second kappa shape index (κ2) is 11.4. The maximum atomic E-state index is 13.0. The van der Waals surface area contributed by atoms with Crippen LogP contribution in [0.3, 0.4) is 0 Å². The number of phenolic OH excluding ortho intramolecular Hbond substituents is 1. The molecule has 0 unspecified atom stereocenters. The summed E-state index contributed by atoms with van der Waals surface area (Å²) in [6, 6.07) is 24.7. The van der Waals surface area contributed by atoms with Gasteiger partial charge in [0.05, 0.1) is 11.4 Å². The number of nitrogens with two attached hydrogens (primary N) is 1. The Balaban J connectivity index is 1.66. The highest BCUT2D eigenvalue weighted by Gasteiger charge is 2.34. The molecule has 0 heterocycles. The number of rotatable bonds is 7. The number of nitrogens with one attached hydrogen (secondary N) is 2. The van der Waals surface area contributed by atoms with Crippen LogP contribution >= 0.6 is 15.9 Å². The molecule has 0 aliphatic rings. The van der Waals surface area contributed by atoms with E-state index in [-0.39, 0.29) is 11.7 Å². The number of para-hydroxylation sites is 2. The van der Waals surface area contributed by atoms with E-state index in [4.69, 9.17) is 10.5 Å². The number of anilines is 3. The van der Waals surface area contributed by atoms with Crippen LogP contribution in [0.5, 0.6) is 5.75 Å². The SMILES string of the molecule is CC(C)(/C=C/C(=O)Nc1ccccc1N)[C@H](OC(=O)Nc1ccc(Br)cc1)c1ccc(O)c2ccccc12. The molecular formula is C30H28BrN3O4. The van der Waals surface area contributed by atoms with Gasteiger partial charge in [0.2, 0.25) is 5.91 Å². The van der Waals surface area contributed by atoms with Crippen molar-refractivity contribution in [1.29, 1.82) is 0 Å². The largest absolute Gasteiger partial charge is 0.507 e. The van der Waals surface area contributed by atoms with Crippen molar-refractivity contribution in [2.45, 2.75) is 20.0 Å². The van der Waals surface area contributed by atoms with E-state index in [1.165, 1.54) is 6.08 Å². The van der Waals surface area contributed by atoms with Crippen molar-refractivity contribution in [1.82, 2.24) is 0 Å². The molecule has 0 aliphatic carbocycles. The number of carbonyl (C=O) groups excluding carboxylic acids is 2. The molecule has 2 amide bonds. The molecule has 0 saturated carbocycles. The summed E-state index contributed by atoms with van der Waals surface area (Å²) < 4.78 is 6.89. The van der Waals surface area contributed by atoms with Gasteiger partial charge in [-0.1, -0.05) is 78.3 Å². The Morgan fingerprint density at radius 1 is 0.921 bits per heavy atom. The van der Waals surface area contributed by atoms with Crippen LogP contribution in [-0.4, -0.2) is 17.1 Å². The van der Waals surface area contributed by atoms with E-state index in [0.717, 1.165) is 9.86 Å². The fourth-order valence-electron chi connectivity index (χ4n) is 4.10. The number of halogens is 1. The van der Waals surface area contributed by atoms with Gasteiger partial charge in [-0.2, -0.15) is 0 Å². The lowest BCUT2D eigenvalue weighted by Crippen LogP contribution is -2.28. The van der Waals surface area contributed by atoms with Crippen molar-refractivity contribution in [2.24, 2.45) is 5.41 Å². The first-order valence-electron chi connectivity index (χ1n) is 11.9. The molecule has 7 nitrogen and oxygen atoms in total. The van der Waals surface area contributed by atoms with E-state index in [0.29, 0.717) is 28.0 Å². The van der Waals surface area contributed by atoms with Crippen LogP contribution in [0.4, 0.5) is 21.9 Å². The zero-order chi connectivity index (χ0) is 27.3. The molecule has 0 saturated heterocycles. The Bertz CT molecular complexity index is 1500. The Morgan fingerprint density at radius 3 is 2.29 bits per heavy atom. The van der Waals surface area contributed by atoms with Crippen LogP contribution in [0, 0.1) is 5.41 Å². The second-order valence-corrected chi connectivity index (χ2v) is 10.3. The first-order valence-corrected chi connectivity index (χ1v) is 12.7. The molecule has 38 heavy (non-hydrogen) atoms. The lowest BCUT2D eigenvalue weighted by Gasteiger charge is -2.32. The lowest BCUT2D eigenvalue weighted by atomic mass is 9.80. The third kappa shape index (κ3) is 6.33. The number of aromatic hydroxyl groups is 1. The van der Waals surface area contributed by atoms with E-state index in [1.54, 1.807) is 60.7 Å². The Kier molecular flexibility index (Phi) is 8.02. The van der Waals surface area contributed by atoms with E-state index >= 15 is 0 Å². The molecular weight excluding hydrogens is 546 g/mol. The van der Waals surface area contributed by atoms with Crippen molar-refractivity contribution in [3.05, 3.63) is 107 Å². The van der Waals surface area contributed by atoms with Gasteiger partial charge in [0.1, 0.15) is 11.9 Å². The average molecular weight is 574 g/mol. The minimum absolute atomic E-state index is 0.121. The maximum Gasteiger partial charge on any atom is 0.412 e. The highest BCUT2D eigenvalue weighted by Crippen LogP contribution is 2.42. The fraction of sp³-hybridized carbons (Fsp3) is 0.133. The van der Waals surface area contributed by atoms with Crippen LogP contribution in [0.2, 0.25) is 0 Å². The molecule has 0 radical (unpaired) electrons. The number of carbonyl (C=O) groups is 2. The number of amides is 2. The number of hydrogen-bond donors (Lipinski definition) is 4. The fourth-order valence-corrected chi connectivity index (χ4v) is 4.37.